The van der Waals surface area contributed by atoms with Crippen LogP contribution in [-0.4, -0.2) is 5.78 Å². The molecular formula is C16H20O. The van der Waals surface area contributed by atoms with Crippen LogP contribution in [0, 0.1) is 11.8 Å². The van der Waals surface area contributed by atoms with Gasteiger partial charge in [-0.05, 0) is 30.7 Å². The van der Waals surface area contributed by atoms with Crippen LogP contribution in [0.5, 0.6) is 0 Å². The molecule has 1 fully saturated rings. The molecular weight excluding hydrogens is 208 g/mol. The van der Waals surface area contributed by atoms with Crippen molar-refractivity contribution < 1.29 is 4.79 Å². The first kappa shape index (κ1) is 11.0. The van der Waals surface area contributed by atoms with Crippen LogP contribution in [0.25, 0.3) is 0 Å². The van der Waals surface area contributed by atoms with Crippen molar-refractivity contribution in [1.82, 2.24) is 0 Å². The monoisotopic (exact) mass is 228 g/mol. The zero-order valence-electron chi connectivity index (χ0n) is 10.3. The summed E-state index contributed by atoms with van der Waals surface area (Å²) in [6.07, 6.45) is 8.78. The lowest BCUT2D eigenvalue weighted by atomic mass is 9.78. The van der Waals surface area contributed by atoms with Crippen molar-refractivity contribution in [2.45, 2.75) is 44.9 Å². The van der Waals surface area contributed by atoms with Gasteiger partial charge in [0.15, 0.2) is 5.78 Å². The first-order valence-electron chi connectivity index (χ1n) is 6.96. The highest BCUT2D eigenvalue weighted by molar-refractivity contribution is 6.00. The molecule has 3 rings (SSSR count). The lowest BCUT2D eigenvalue weighted by Crippen LogP contribution is -2.24. The molecule has 0 aromatic heterocycles. The van der Waals surface area contributed by atoms with Crippen LogP contribution in [0.4, 0.5) is 0 Å². The van der Waals surface area contributed by atoms with Gasteiger partial charge in [-0.25, -0.2) is 0 Å². The van der Waals surface area contributed by atoms with Gasteiger partial charge >= 0.3 is 0 Å². The van der Waals surface area contributed by atoms with Crippen molar-refractivity contribution in [1.29, 1.82) is 0 Å². The van der Waals surface area contributed by atoms with Crippen LogP contribution in [-0.2, 0) is 6.42 Å². The minimum Gasteiger partial charge on any atom is -0.294 e. The number of hydrogen-bond donors (Lipinski definition) is 0. The van der Waals surface area contributed by atoms with Gasteiger partial charge in [-0.3, -0.25) is 4.79 Å². The van der Waals surface area contributed by atoms with Gasteiger partial charge in [-0.2, -0.15) is 0 Å². The Labute approximate surface area is 103 Å². The molecule has 0 heterocycles. The number of hydrogen-bond acceptors (Lipinski definition) is 1. The second kappa shape index (κ2) is 4.64. The topological polar surface area (TPSA) is 17.1 Å². The van der Waals surface area contributed by atoms with Gasteiger partial charge < -0.3 is 0 Å². The van der Waals surface area contributed by atoms with E-state index in [0.29, 0.717) is 11.7 Å². The molecule has 0 N–H and O–H groups in total. The molecule has 1 heteroatoms. The summed E-state index contributed by atoms with van der Waals surface area (Å²) >= 11 is 0. The van der Waals surface area contributed by atoms with E-state index in [1.54, 1.807) is 0 Å². The van der Waals surface area contributed by atoms with Crippen LogP contribution >= 0.6 is 0 Å². The van der Waals surface area contributed by atoms with Gasteiger partial charge in [0.1, 0.15) is 0 Å². The predicted octanol–water partition coefficient (Wildman–Crippen LogP) is 4.01. The lowest BCUT2D eigenvalue weighted by molar-refractivity contribution is 0.0880. The summed E-state index contributed by atoms with van der Waals surface area (Å²) in [5, 5.41) is 0. The molecule has 17 heavy (non-hydrogen) atoms. The summed E-state index contributed by atoms with van der Waals surface area (Å²) < 4.78 is 0. The van der Waals surface area contributed by atoms with Gasteiger partial charge in [-0.1, -0.05) is 49.9 Å². The van der Waals surface area contributed by atoms with Crippen LogP contribution < -0.4 is 0 Å². The molecule has 2 aliphatic carbocycles. The van der Waals surface area contributed by atoms with Crippen LogP contribution in [0.15, 0.2) is 24.3 Å². The second-order valence-corrected chi connectivity index (χ2v) is 5.64. The third kappa shape index (κ3) is 2.15. The Kier molecular flexibility index (Phi) is 3.00. The van der Waals surface area contributed by atoms with Crippen LogP contribution in [0.2, 0.25) is 0 Å². The molecule has 0 aliphatic heterocycles. The highest BCUT2D eigenvalue weighted by Crippen LogP contribution is 2.35. The average molecular weight is 228 g/mol. The van der Waals surface area contributed by atoms with E-state index in [4.69, 9.17) is 0 Å². The Morgan fingerprint density at radius 3 is 2.65 bits per heavy atom. The Morgan fingerprint density at radius 2 is 1.82 bits per heavy atom. The molecule has 1 nitrogen and oxygen atoms in total. The molecule has 1 unspecified atom stereocenters. The number of aryl methyl sites for hydroxylation is 1. The van der Waals surface area contributed by atoms with E-state index in [9.17, 15) is 4.79 Å². The van der Waals surface area contributed by atoms with E-state index in [1.165, 1.54) is 31.2 Å². The van der Waals surface area contributed by atoms with Crippen molar-refractivity contribution in [3.8, 4) is 0 Å². The lowest BCUT2D eigenvalue weighted by Gasteiger charge is -2.25. The molecule has 0 saturated heterocycles. The van der Waals surface area contributed by atoms with Crippen molar-refractivity contribution in [3.05, 3.63) is 35.4 Å². The fourth-order valence-electron chi connectivity index (χ4n) is 3.53. The molecule has 2 aliphatic rings. The number of carbonyl (C=O) groups is 1. The zero-order chi connectivity index (χ0) is 11.7. The molecule has 0 radical (unpaired) electrons. The number of Topliss-reactive ketones (excluding diaryl/α,β-unsaturated/α-hetero) is 1. The SMILES string of the molecule is O=C1c2ccccc2CCC1CC1CCCC1. The first-order valence-corrected chi connectivity index (χ1v) is 6.96. The standard InChI is InChI=1S/C16H20O/c17-16-14(11-12-5-1-2-6-12)10-9-13-7-3-4-8-15(13)16/h3-4,7-8,12,14H,1-2,5-6,9-11H2. The van der Waals surface area contributed by atoms with Crippen LogP contribution in [0.3, 0.4) is 0 Å². The maximum atomic E-state index is 12.4. The van der Waals surface area contributed by atoms with Crippen molar-refractivity contribution in [2.24, 2.45) is 11.8 Å². The highest BCUT2D eigenvalue weighted by Gasteiger charge is 2.29. The summed E-state index contributed by atoms with van der Waals surface area (Å²) in [5.74, 6) is 1.56. The number of rotatable bonds is 2. The van der Waals surface area contributed by atoms with Gasteiger partial charge in [0.25, 0.3) is 0 Å². The van der Waals surface area contributed by atoms with Gasteiger partial charge in [-0.15, -0.1) is 0 Å². The fraction of sp³-hybridized carbons (Fsp3) is 0.562. The fourth-order valence-corrected chi connectivity index (χ4v) is 3.53. The van der Waals surface area contributed by atoms with Crippen molar-refractivity contribution >= 4 is 5.78 Å². The summed E-state index contributed by atoms with van der Waals surface area (Å²) in [5.41, 5.74) is 2.27. The average Bonchev–Trinajstić information content (AvgIpc) is 2.86. The maximum Gasteiger partial charge on any atom is 0.166 e. The summed E-state index contributed by atoms with van der Waals surface area (Å²) in [7, 11) is 0. The predicted molar refractivity (Wildman–Crippen MR) is 69.2 cm³/mol. The third-order valence-electron chi connectivity index (χ3n) is 4.51. The number of fused-ring (bicyclic) bond motifs is 1. The number of ketones is 1. The molecule has 0 amide bonds. The summed E-state index contributed by atoms with van der Waals surface area (Å²) in [6, 6.07) is 8.16. The maximum absolute atomic E-state index is 12.4. The molecule has 1 atom stereocenters. The largest absolute Gasteiger partial charge is 0.294 e. The zero-order valence-corrected chi connectivity index (χ0v) is 10.3. The summed E-state index contributed by atoms with van der Waals surface area (Å²) in [6.45, 7) is 0. The van der Waals surface area contributed by atoms with Gasteiger partial charge in [0.05, 0.1) is 0 Å². The Balaban J connectivity index is 1.74. The molecule has 0 bridgehead atoms. The Hall–Kier alpha value is -1.11. The Morgan fingerprint density at radius 1 is 1.06 bits per heavy atom. The number of benzene rings is 1. The van der Waals surface area contributed by atoms with E-state index >= 15 is 0 Å². The second-order valence-electron chi connectivity index (χ2n) is 5.64. The van der Waals surface area contributed by atoms with Crippen molar-refractivity contribution in [2.75, 3.05) is 0 Å². The molecule has 1 saturated carbocycles. The van der Waals surface area contributed by atoms with Gasteiger partial charge in [0, 0.05) is 11.5 Å². The normalized spacial score (nSPS) is 24.9. The van der Waals surface area contributed by atoms with E-state index in [0.717, 1.165) is 30.7 Å². The molecule has 90 valence electrons. The number of carbonyl (C=O) groups excluding carboxylic acids is 1. The highest BCUT2D eigenvalue weighted by atomic mass is 16.1. The van der Waals surface area contributed by atoms with Crippen LogP contribution in [0.1, 0.15) is 54.4 Å². The minimum atomic E-state index is 0.313. The molecule has 1 aromatic carbocycles. The van der Waals surface area contributed by atoms with Crippen molar-refractivity contribution in [3.63, 3.8) is 0 Å². The first-order chi connectivity index (χ1) is 8.34. The smallest absolute Gasteiger partial charge is 0.166 e. The minimum absolute atomic E-state index is 0.313. The van der Waals surface area contributed by atoms with E-state index in [1.807, 2.05) is 18.2 Å². The van der Waals surface area contributed by atoms with E-state index in [-0.39, 0.29) is 0 Å². The quantitative estimate of drug-likeness (QED) is 0.747. The summed E-state index contributed by atoms with van der Waals surface area (Å²) in [4.78, 5) is 12.4. The van der Waals surface area contributed by atoms with E-state index < -0.39 is 0 Å². The molecule has 1 aromatic rings. The Bertz CT molecular complexity index is 415. The van der Waals surface area contributed by atoms with Gasteiger partial charge in [0.2, 0.25) is 0 Å². The molecule has 0 spiro atoms. The van der Waals surface area contributed by atoms with E-state index in [2.05, 4.69) is 6.07 Å². The third-order valence-corrected chi connectivity index (χ3v) is 4.51.